The van der Waals surface area contributed by atoms with Gasteiger partial charge in [-0.2, -0.15) is 0 Å². The second-order valence-corrected chi connectivity index (χ2v) is 5.94. The van der Waals surface area contributed by atoms with Gasteiger partial charge in [0.25, 0.3) is 0 Å². The predicted molar refractivity (Wildman–Crippen MR) is 74.9 cm³/mol. The largest absolute Gasteiger partial charge is 0.387 e. The third kappa shape index (κ3) is 2.07. The molecule has 1 spiro atoms. The van der Waals surface area contributed by atoms with Gasteiger partial charge in [0.2, 0.25) is 0 Å². The molecule has 1 aromatic rings. The van der Waals surface area contributed by atoms with Crippen LogP contribution >= 0.6 is 15.9 Å². The van der Waals surface area contributed by atoms with E-state index in [0.717, 1.165) is 4.47 Å². The molecular weight excluding hydrogens is 330 g/mol. The molecule has 1 atom stereocenters. The molecule has 0 aliphatic carbocycles. The first-order chi connectivity index (χ1) is 9.53. The summed E-state index contributed by atoms with van der Waals surface area (Å²) in [6.45, 7) is 4.19. The molecule has 0 saturated carbocycles. The van der Waals surface area contributed by atoms with Crippen LogP contribution in [0.2, 0.25) is 0 Å². The molecule has 1 unspecified atom stereocenters. The molecule has 2 saturated heterocycles. The van der Waals surface area contributed by atoms with Crippen LogP contribution < -0.4 is 4.90 Å². The monoisotopic (exact) mass is 343 g/mol. The lowest BCUT2D eigenvalue weighted by Gasteiger charge is -2.53. The van der Waals surface area contributed by atoms with Crippen LogP contribution in [0.1, 0.15) is 6.92 Å². The molecule has 2 fully saturated rings. The van der Waals surface area contributed by atoms with Gasteiger partial charge in [-0.15, -0.1) is 0 Å². The van der Waals surface area contributed by atoms with Crippen LogP contribution in [0.5, 0.6) is 0 Å². The Morgan fingerprint density at radius 2 is 2.35 bits per heavy atom. The van der Waals surface area contributed by atoms with Crippen molar-refractivity contribution in [2.75, 3.05) is 31.3 Å². The third-order valence-electron chi connectivity index (χ3n) is 3.94. The first kappa shape index (κ1) is 13.7. The van der Waals surface area contributed by atoms with E-state index in [1.807, 2.05) is 11.8 Å². The Hall–Kier alpha value is -1.25. The molecular formula is C12H14BrN3O4. The highest BCUT2D eigenvalue weighted by atomic mass is 79.9. The minimum Gasteiger partial charge on any atom is -0.375 e. The maximum atomic E-state index is 11.2. The van der Waals surface area contributed by atoms with E-state index in [1.54, 1.807) is 6.07 Å². The van der Waals surface area contributed by atoms with Gasteiger partial charge >= 0.3 is 5.82 Å². The van der Waals surface area contributed by atoms with Crippen molar-refractivity contribution in [3.63, 3.8) is 0 Å². The Morgan fingerprint density at radius 3 is 2.95 bits per heavy atom. The van der Waals surface area contributed by atoms with E-state index in [0.29, 0.717) is 32.1 Å². The van der Waals surface area contributed by atoms with Crippen molar-refractivity contribution in [1.29, 1.82) is 0 Å². The quantitative estimate of drug-likeness (QED) is 0.601. The van der Waals surface area contributed by atoms with Gasteiger partial charge in [-0.3, -0.25) is 0 Å². The maximum absolute atomic E-state index is 11.2. The molecule has 7 nitrogen and oxygen atoms in total. The fourth-order valence-corrected chi connectivity index (χ4v) is 2.99. The summed E-state index contributed by atoms with van der Waals surface area (Å²) >= 11 is 3.32. The molecule has 8 heteroatoms. The predicted octanol–water partition coefficient (Wildman–Crippen LogP) is 1.75. The topological polar surface area (TPSA) is 77.7 Å². The number of morpholine rings is 1. The fraction of sp³-hybridized carbons (Fsp3) is 0.583. The smallest absolute Gasteiger partial charge is 0.375 e. The maximum Gasteiger partial charge on any atom is 0.387 e. The average molecular weight is 344 g/mol. The number of anilines is 1. The van der Waals surface area contributed by atoms with Crippen molar-refractivity contribution in [2.45, 2.75) is 18.6 Å². The summed E-state index contributed by atoms with van der Waals surface area (Å²) in [6, 6.07) is 1.74. The molecule has 20 heavy (non-hydrogen) atoms. The van der Waals surface area contributed by atoms with E-state index in [1.165, 1.54) is 6.20 Å². The minimum absolute atomic E-state index is 0.000185. The molecule has 3 rings (SSSR count). The summed E-state index contributed by atoms with van der Waals surface area (Å²) in [5.41, 5.74) is 0.167. The summed E-state index contributed by atoms with van der Waals surface area (Å²) < 4.78 is 11.8. The number of nitrogens with zero attached hydrogens (tertiary/aromatic N) is 3. The minimum atomic E-state index is -0.450. The van der Waals surface area contributed by atoms with Crippen LogP contribution in [0, 0.1) is 10.1 Å². The summed E-state index contributed by atoms with van der Waals surface area (Å²) in [4.78, 5) is 16.6. The first-order valence-corrected chi connectivity index (χ1v) is 7.11. The Balaban J connectivity index is 1.99. The standard InChI is InChI=1S/C12H14BrN3O4/c1-8-12(6-19-7-12)20-3-2-15(8)10-4-9(13)5-14-11(10)16(17)18/h4-5,8H,2-3,6-7H2,1H3. The molecule has 0 amide bonds. The summed E-state index contributed by atoms with van der Waals surface area (Å²) in [6.07, 6.45) is 1.44. The third-order valence-corrected chi connectivity index (χ3v) is 4.37. The highest BCUT2D eigenvalue weighted by Gasteiger charge is 2.50. The van der Waals surface area contributed by atoms with E-state index in [4.69, 9.17) is 9.47 Å². The van der Waals surface area contributed by atoms with Crippen molar-refractivity contribution in [1.82, 2.24) is 4.98 Å². The van der Waals surface area contributed by atoms with E-state index in [-0.39, 0.29) is 17.5 Å². The number of hydrogen-bond acceptors (Lipinski definition) is 6. The van der Waals surface area contributed by atoms with Gasteiger partial charge in [0, 0.05) is 6.54 Å². The van der Waals surface area contributed by atoms with Crippen LogP contribution in [0.3, 0.4) is 0 Å². The van der Waals surface area contributed by atoms with Crippen molar-refractivity contribution in [2.24, 2.45) is 0 Å². The van der Waals surface area contributed by atoms with Gasteiger partial charge in [-0.05, 0) is 38.8 Å². The second-order valence-electron chi connectivity index (χ2n) is 5.03. The zero-order valence-electron chi connectivity index (χ0n) is 10.9. The Labute approximate surface area is 124 Å². The first-order valence-electron chi connectivity index (χ1n) is 6.32. The Bertz CT molecular complexity index is 550. The van der Waals surface area contributed by atoms with E-state index < -0.39 is 4.92 Å². The number of pyridine rings is 1. The number of aromatic nitrogens is 1. The molecule has 0 radical (unpaired) electrons. The highest BCUT2D eigenvalue weighted by molar-refractivity contribution is 9.10. The molecule has 0 aromatic carbocycles. The fourth-order valence-electron chi connectivity index (χ4n) is 2.68. The molecule has 0 bridgehead atoms. The van der Waals surface area contributed by atoms with Gasteiger partial charge in [0.05, 0.1) is 30.3 Å². The molecule has 3 heterocycles. The van der Waals surface area contributed by atoms with E-state index >= 15 is 0 Å². The van der Waals surface area contributed by atoms with Crippen LogP contribution in [-0.4, -0.2) is 47.9 Å². The zero-order valence-corrected chi connectivity index (χ0v) is 12.5. The van der Waals surface area contributed by atoms with Crippen LogP contribution in [0.15, 0.2) is 16.7 Å². The SMILES string of the molecule is CC1N(c2cc(Br)cnc2[N+](=O)[O-])CCOC12COC2. The molecule has 1 aromatic heterocycles. The summed E-state index contributed by atoms with van der Waals surface area (Å²) in [5.74, 6) is -0.127. The van der Waals surface area contributed by atoms with Gasteiger partial charge < -0.3 is 24.5 Å². The summed E-state index contributed by atoms with van der Waals surface area (Å²) in [5, 5.41) is 11.2. The normalized spacial score (nSPS) is 24.5. The van der Waals surface area contributed by atoms with E-state index in [2.05, 4.69) is 20.9 Å². The second kappa shape index (κ2) is 4.94. The molecule has 2 aliphatic rings. The van der Waals surface area contributed by atoms with Gasteiger partial charge in [-0.1, -0.05) is 0 Å². The Morgan fingerprint density at radius 1 is 1.60 bits per heavy atom. The summed E-state index contributed by atoms with van der Waals surface area (Å²) in [7, 11) is 0. The van der Waals surface area contributed by atoms with Gasteiger partial charge in [0.15, 0.2) is 6.20 Å². The number of nitro groups is 1. The van der Waals surface area contributed by atoms with Crippen LogP contribution in [0.25, 0.3) is 0 Å². The molecule has 108 valence electrons. The number of ether oxygens (including phenoxy) is 2. The van der Waals surface area contributed by atoms with Crippen LogP contribution in [-0.2, 0) is 9.47 Å². The van der Waals surface area contributed by atoms with Crippen molar-refractivity contribution in [3.05, 3.63) is 26.9 Å². The number of rotatable bonds is 2. The lowest BCUT2D eigenvalue weighted by molar-refractivity contribution is -0.388. The van der Waals surface area contributed by atoms with Crippen molar-refractivity contribution < 1.29 is 14.4 Å². The van der Waals surface area contributed by atoms with Crippen molar-refractivity contribution in [3.8, 4) is 0 Å². The Kier molecular flexibility index (Phi) is 3.39. The van der Waals surface area contributed by atoms with Gasteiger partial charge in [-0.25, -0.2) is 0 Å². The van der Waals surface area contributed by atoms with Crippen LogP contribution in [0.4, 0.5) is 11.5 Å². The molecule has 2 aliphatic heterocycles. The zero-order chi connectivity index (χ0) is 14.3. The average Bonchev–Trinajstić information content (AvgIpc) is 2.36. The van der Waals surface area contributed by atoms with E-state index in [9.17, 15) is 10.1 Å². The lowest BCUT2D eigenvalue weighted by atomic mass is 9.90. The lowest BCUT2D eigenvalue weighted by Crippen LogP contribution is -2.68. The molecule has 0 N–H and O–H groups in total. The van der Waals surface area contributed by atoms with Crippen molar-refractivity contribution >= 4 is 27.4 Å². The highest BCUT2D eigenvalue weighted by Crippen LogP contribution is 2.38. The van der Waals surface area contributed by atoms with Gasteiger partial charge in [0.1, 0.15) is 11.3 Å². The number of hydrogen-bond donors (Lipinski definition) is 0. The number of halogens is 1.